The largest absolute Gasteiger partial charge is 0.312 e. The third-order valence-electron chi connectivity index (χ3n) is 2.97. The number of nitro groups is 1. The first-order chi connectivity index (χ1) is 9.66. The lowest BCUT2D eigenvalue weighted by molar-refractivity contribution is -0.385. The van der Waals surface area contributed by atoms with Crippen LogP contribution in [0.3, 0.4) is 0 Å². The zero-order chi connectivity index (χ0) is 14.4. The SMILES string of the molecule is O=[N+]([O-])c1cc(CNCCc2ccccc2)ccc1Br. The summed E-state index contributed by atoms with van der Waals surface area (Å²) in [5, 5.41) is 14.1. The molecule has 1 N–H and O–H groups in total. The Hall–Kier alpha value is -1.72. The van der Waals surface area contributed by atoms with Crippen LogP contribution in [0.1, 0.15) is 11.1 Å². The highest BCUT2D eigenvalue weighted by atomic mass is 79.9. The first-order valence-electron chi connectivity index (χ1n) is 6.34. The van der Waals surface area contributed by atoms with E-state index in [9.17, 15) is 10.1 Å². The van der Waals surface area contributed by atoms with Gasteiger partial charge < -0.3 is 5.32 Å². The number of halogens is 1. The molecule has 0 atom stereocenters. The van der Waals surface area contributed by atoms with Crippen molar-refractivity contribution in [1.82, 2.24) is 5.32 Å². The Morgan fingerprint density at radius 1 is 1.10 bits per heavy atom. The normalized spacial score (nSPS) is 10.4. The maximum Gasteiger partial charge on any atom is 0.283 e. The lowest BCUT2D eigenvalue weighted by atomic mass is 10.1. The molecule has 5 heteroatoms. The number of benzene rings is 2. The third kappa shape index (κ3) is 4.15. The van der Waals surface area contributed by atoms with Crippen molar-refractivity contribution in [3.8, 4) is 0 Å². The van der Waals surface area contributed by atoms with Crippen LogP contribution >= 0.6 is 15.9 Å². The number of rotatable bonds is 6. The van der Waals surface area contributed by atoms with E-state index in [0.717, 1.165) is 18.5 Å². The molecular weight excluding hydrogens is 320 g/mol. The van der Waals surface area contributed by atoms with Crippen molar-refractivity contribution in [2.24, 2.45) is 0 Å². The van der Waals surface area contributed by atoms with Crippen LogP contribution in [0.5, 0.6) is 0 Å². The molecule has 2 aromatic carbocycles. The monoisotopic (exact) mass is 334 g/mol. The maximum atomic E-state index is 10.8. The Morgan fingerprint density at radius 2 is 1.85 bits per heavy atom. The van der Waals surface area contributed by atoms with Crippen molar-refractivity contribution < 1.29 is 4.92 Å². The molecule has 0 radical (unpaired) electrons. The van der Waals surface area contributed by atoms with Crippen molar-refractivity contribution in [3.05, 3.63) is 74.2 Å². The Balaban J connectivity index is 1.85. The van der Waals surface area contributed by atoms with E-state index in [2.05, 4.69) is 33.4 Å². The van der Waals surface area contributed by atoms with Gasteiger partial charge in [-0.25, -0.2) is 0 Å². The molecular formula is C15H15BrN2O2. The fourth-order valence-corrected chi connectivity index (χ4v) is 2.31. The third-order valence-corrected chi connectivity index (χ3v) is 3.64. The number of nitrogens with zero attached hydrogens (tertiary/aromatic N) is 1. The van der Waals surface area contributed by atoms with E-state index < -0.39 is 0 Å². The zero-order valence-electron chi connectivity index (χ0n) is 10.9. The summed E-state index contributed by atoms with van der Waals surface area (Å²) in [6.07, 6.45) is 0.944. The second-order valence-corrected chi connectivity index (χ2v) is 5.31. The predicted molar refractivity (Wildman–Crippen MR) is 82.6 cm³/mol. The molecule has 0 saturated heterocycles. The van der Waals surface area contributed by atoms with E-state index in [0.29, 0.717) is 11.0 Å². The lowest BCUT2D eigenvalue weighted by Gasteiger charge is -2.06. The molecule has 20 heavy (non-hydrogen) atoms. The second-order valence-electron chi connectivity index (χ2n) is 4.46. The summed E-state index contributed by atoms with van der Waals surface area (Å²) in [5.41, 5.74) is 2.29. The Morgan fingerprint density at radius 3 is 2.55 bits per heavy atom. The summed E-state index contributed by atoms with van der Waals surface area (Å²) in [7, 11) is 0. The number of hydrogen-bond acceptors (Lipinski definition) is 3. The molecule has 2 rings (SSSR count). The molecule has 0 saturated carbocycles. The summed E-state index contributed by atoms with van der Waals surface area (Å²) < 4.78 is 0.510. The van der Waals surface area contributed by atoms with Crippen LogP contribution in [0, 0.1) is 10.1 Å². The highest BCUT2D eigenvalue weighted by Gasteiger charge is 2.11. The highest BCUT2D eigenvalue weighted by molar-refractivity contribution is 9.10. The molecule has 4 nitrogen and oxygen atoms in total. The topological polar surface area (TPSA) is 55.2 Å². The van der Waals surface area contributed by atoms with Crippen LogP contribution in [0.4, 0.5) is 5.69 Å². The van der Waals surface area contributed by atoms with Gasteiger partial charge in [-0.15, -0.1) is 0 Å². The Kier molecular flexibility index (Phi) is 5.26. The van der Waals surface area contributed by atoms with Gasteiger partial charge in [0.15, 0.2) is 0 Å². The van der Waals surface area contributed by atoms with Crippen LogP contribution in [-0.2, 0) is 13.0 Å². The molecule has 2 aromatic rings. The zero-order valence-corrected chi connectivity index (χ0v) is 12.5. The van der Waals surface area contributed by atoms with Crippen LogP contribution in [-0.4, -0.2) is 11.5 Å². The van der Waals surface area contributed by atoms with Crippen LogP contribution in [0.25, 0.3) is 0 Å². The van der Waals surface area contributed by atoms with Gasteiger partial charge in [-0.3, -0.25) is 10.1 Å². The predicted octanol–water partition coefficient (Wildman–Crippen LogP) is 3.69. The van der Waals surface area contributed by atoms with Gasteiger partial charge in [-0.1, -0.05) is 36.4 Å². The van der Waals surface area contributed by atoms with E-state index in [1.54, 1.807) is 12.1 Å². The summed E-state index contributed by atoms with van der Waals surface area (Å²) in [6.45, 7) is 1.47. The Bertz CT molecular complexity index is 588. The molecule has 104 valence electrons. The van der Waals surface area contributed by atoms with Gasteiger partial charge in [0.25, 0.3) is 5.69 Å². The average molecular weight is 335 g/mol. The van der Waals surface area contributed by atoms with Crippen molar-refractivity contribution in [2.75, 3.05) is 6.54 Å². The highest BCUT2D eigenvalue weighted by Crippen LogP contribution is 2.25. The van der Waals surface area contributed by atoms with E-state index in [-0.39, 0.29) is 10.6 Å². The first-order valence-corrected chi connectivity index (χ1v) is 7.13. The summed E-state index contributed by atoms with van der Waals surface area (Å²) in [6, 6.07) is 15.4. The fourth-order valence-electron chi connectivity index (χ4n) is 1.92. The minimum Gasteiger partial charge on any atom is -0.312 e. The molecule has 0 aliphatic carbocycles. The van der Waals surface area contributed by atoms with Gasteiger partial charge in [-0.2, -0.15) is 0 Å². The first kappa shape index (κ1) is 14.7. The van der Waals surface area contributed by atoms with E-state index in [1.807, 2.05) is 24.3 Å². The number of nitrogens with one attached hydrogen (secondary N) is 1. The summed E-state index contributed by atoms with van der Waals surface area (Å²) in [5.74, 6) is 0. The van der Waals surface area contributed by atoms with Gasteiger partial charge >= 0.3 is 0 Å². The van der Waals surface area contributed by atoms with Gasteiger partial charge in [0, 0.05) is 12.6 Å². The van der Waals surface area contributed by atoms with Crippen LogP contribution in [0.15, 0.2) is 53.0 Å². The van der Waals surface area contributed by atoms with Crippen molar-refractivity contribution in [3.63, 3.8) is 0 Å². The van der Waals surface area contributed by atoms with Crippen LogP contribution < -0.4 is 5.32 Å². The molecule has 0 aliphatic heterocycles. The smallest absolute Gasteiger partial charge is 0.283 e. The van der Waals surface area contributed by atoms with Gasteiger partial charge in [0.2, 0.25) is 0 Å². The van der Waals surface area contributed by atoms with Gasteiger partial charge in [-0.05, 0) is 46.1 Å². The fraction of sp³-hybridized carbons (Fsp3) is 0.200. The van der Waals surface area contributed by atoms with Crippen molar-refractivity contribution >= 4 is 21.6 Å². The second kappa shape index (κ2) is 7.17. The number of nitro benzene ring substituents is 1. The molecule has 0 unspecified atom stereocenters. The molecule has 0 aliphatic rings. The molecule has 0 heterocycles. The van der Waals surface area contributed by atoms with E-state index in [4.69, 9.17) is 0 Å². The van der Waals surface area contributed by atoms with Gasteiger partial charge in [0.05, 0.1) is 9.40 Å². The van der Waals surface area contributed by atoms with Crippen LogP contribution in [0.2, 0.25) is 0 Å². The standard InChI is InChI=1S/C15H15BrN2O2/c16-14-7-6-13(10-15(14)18(19)20)11-17-9-8-12-4-2-1-3-5-12/h1-7,10,17H,8-9,11H2. The molecule has 0 amide bonds. The Labute approximate surface area is 126 Å². The number of hydrogen-bond donors (Lipinski definition) is 1. The minimum atomic E-state index is -0.377. The average Bonchev–Trinajstić information content (AvgIpc) is 2.46. The van der Waals surface area contributed by atoms with Gasteiger partial charge in [0.1, 0.15) is 0 Å². The minimum absolute atomic E-state index is 0.104. The van der Waals surface area contributed by atoms with Crippen molar-refractivity contribution in [2.45, 2.75) is 13.0 Å². The summed E-state index contributed by atoms with van der Waals surface area (Å²) in [4.78, 5) is 10.5. The molecule has 0 fully saturated rings. The summed E-state index contributed by atoms with van der Waals surface area (Å²) >= 11 is 3.18. The quantitative estimate of drug-likeness (QED) is 0.498. The maximum absolute atomic E-state index is 10.8. The van der Waals surface area contributed by atoms with Crippen molar-refractivity contribution in [1.29, 1.82) is 0 Å². The molecule has 0 spiro atoms. The van der Waals surface area contributed by atoms with E-state index >= 15 is 0 Å². The van der Waals surface area contributed by atoms with E-state index in [1.165, 1.54) is 5.56 Å². The molecule has 0 aromatic heterocycles. The lowest BCUT2D eigenvalue weighted by Crippen LogP contribution is -2.16. The molecule has 0 bridgehead atoms.